The van der Waals surface area contributed by atoms with Crippen LogP contribution in [0, 0.1) is 0 Å². The summed E-state index contributed by atoms with van der Waals surface area (Å²) in [6, 6.07) is 15.1. The van der Waals surface area contributed by atoms with Crippen molar-refractivity contribution in [2.75, 3.05) is 26.4 Å². The highest BCUT2D eigenvalue weighted by Crippen LogP contribution is 2.15. The van der Waals surface area contributed by atoms with Crippen LogP contribution in [0.4, 0.5) is 5.69 Å². The molecule has 2 rings (SSSR count). The minimum atomic E-state index is -0.0274. The van der Waals surface area contributed by atoms with Crippen LogP contribution in [0.15, 0.2) is 48.5 Å². The van der Waals surface area contributed by atoms with Gasteiger partial charge < -0.3 is 15.5 Å². The van der Waals surface area contributed by atoms with Gasteiger partial charge in [0.2, 0.25) is 5.91 Å². The summed E-state index contributed by atoms with van der Waals surface area (Å²) in [6.07, 6.45) is 1.07. The smallest absolute Gasteiger partial charge is 0.253 e. The van der Waals surface area contributed by atoms with E-state index >= 15 is 0 Å². The van der Waals surface area contributed by atoms with Crippen LogP contribution in [-0.4, -0.2) is 42.3 Å². The molecule has 0 aliphatic carbocycles. The number of aryl methyl sites for hydroxylation is 1. The molecule has 2 N–H and O–H groups in total. The fourth-order valence-electron chi connectivity index (χ4n) is 2.77. The molecule has 2 amide bonds. The summed E-state index contributed by atoms with van der Waals surface area (Å²) >= 11 is 0. The van der Waals surface area contributed by atoms with Crippen molar-refractivity contribution in [3.63, 3.8) is 0 Å². The van der Waals surface area contributed by atoms with E-state index in [2.05, 4.69) is 0 Å². The molecule has 27 heavy (non-hydrogen) atoms. The molecule has 0 saturated carbocycles. The van der Waals surface area contributed by atoms with Crippen LogP contribution >= 0.6 is 12.4 Å². The Kier molecular flexibility index (Phi) is 8.82. The number of amides is 2. The second-order valence-electron chi connectivity index (χ2n) is 6.50. The van der Waals surface area contributed by atoms with Crippen molar-refractivity contribution >= 4 is 29.9 Å². The highest BCUT2D eigenvalue weighted by atomic mass is 35.5. The van der Waals surface area contributed by atoms with Gasteiger partial charge >= 0.3 is 0 Å². The maximum Gasteiger partial charge on any atom is 0.253 e. The highest BCUT2D eigenvalue weighted by molar-refractivity contribution is 5.93. The van der Waals surface area contributed by atoms with Crippen molar-refractivity contribution in [1.82, 2.24) is 9.80 Å². The van der Waals surface area contributed by atoms with Crippen molar-refractivity contribution in [3.05, 3.63) is 65.2 Å². The third-order valence-electron chi connectivity index (χ3n) is 4.38. The van der Waals surface area contributed by atoms with Gasteiger partial charge in [-0.25, -0.2) is 0 Å². The molecule has 0 saturated heterocycles. The SMILES string of the molecule is CCN(Cc1ccc(C(=O)N(C)C)cc1)C(=O)CCc1ccccc1N.Cl. The molecule has 0 spiro atoms. The molecule has 0 unspecified atom stereocenters. The Morgan fingerprint density at radius 1 is 1.00 bits per heavy atom. The first-order valence-corrected chi connectivity index (χ1v) is 8.84. The molecule has 0 aliphatic rings. The van der Waals surface area contributed by atoms with Gasteiger partial charge in [-0.15, -0.1) is 12.4 Å². The van der Waals surface area contributed by atoms with Crippen molar-refractivity contribution in [1.29, 1.82) is 0 Å². The van der Waals surface area contributed by atoms with E-state index in [9.17, 15) is 9.59 Å². The minimum Gasteiger partial charge on any atom is -0.399 e. The molecule has 0 aliphatic heterocycles. The van der Waals surface area contributed by atoms with E-state index < -0.39 is 0 Å². The molecular formula is C21H28ClN3O2. The number of nitrogens with zero attached hydrogens (tertiary/aromatic N) is 2. The van der Waals surface area contributed by atoms with Crippen molar-refractivity contribution in [2.45, 2.75) is 26.3 Å². The lowest BCUT2D eigenvalue weighted by molar-refractivity contribution is -0.131. The molecule has 0 radical (unpaired) electrons. The van der Waals surface area contributed by atoms with E-state index in [1.807, 2.05) is 48.2 Å². The van der Waals surface area contributed by atoms with Crippen LogP contribution in [0.2, 0.25) is 0 Å². The van der Waals surface area contributed by atoms with Crippen LogP contribution in [0.5, 0.6) is 0 Å². The molecule has 0 bridgehead atoms. The molecule has 0 atom stereocenters. The number of hydrogen-bond acceptors (Lipinski definition) is 3. The summed E-state index contributed by atoms with van der Waals surface area (Å²) in [5.41, 5.74) is 9.33. The van der Waals surface area contributed by atoms with E-state index in [-0.39, 0.29) is 24.2 Å². The maximum atomic E-state index is 12.6. The fraction of sp³-hybridized carbons (Fsp3) is 0.333. The van der Waals surface area contributed by atoms with Gasteiger partial charge in [0.05, 0.1) is 0 Å². The van der Waals surface area contributed by atoms with Gasteiger partial charge in [0.1, 0.15) is 0 Å². The van der Waals surface area contributed by atoms with E-state index in [1.165, 1.54) is 0 Å². The average Bonchev–Trinajstić information content (AvgIpc) is 2.65. The number of benzene rings is 2. The molecular weight excluding hydrogens is 362 g/mol. The number of anilines is 1. The number of carbonyl (C=O) groups excluding carboxylic acids is 2. The lowest BCUT2D eigenvalue weighted by Crippen LogP contribution is -2.30. The molecule has 2 aromatic carbocycles. The number of para-hydroxylation sites is 1. The number of rotatable bonds is 7. The Morgan fingerprint density at radius 2 is 1.63 bits per heavy atom. The largest absolute Gasteiger partial charge is 0.399 e. The topological polar surface area (TPSA) is 66.6 Å². The Bertz CT molecular complexity index is 760. The van der Waals surface area contributed by atoms with Crippen LogP contribution in [0.3, 0.4) is 0 Å². The summed E-state index contributed by atoms with van der Waals surface area (Å²) in [5, 5.41) is 0. The number of nitrogens with two attached hydrogens (primary N) is 1. The average molecular weight is 390 g/mol. The Hall–Kier alpha value is -2.53. The Balaban J connectivity index is 0.00000364. The number of halogens is 1. The van der Waals surface area contributed by atoms with Gasteiger partial charge in [0, 0.05) is 44.9 Å². The van der Waals surface area contributed by atoms with Crippen molar-refractivity contribution in [3.8, 4) is 0 Å². The normalized spacial score (nSPS) is 10.0. The number of carbonyl (C=O) groups is 2. The standard InChI is InChI=1S/C21H27N3O2.ClH/c1-4-24(20(25)14-13-17-7-5-6-8-19(17)22)15-16-9-11-18(12-10-16)21(26)23(2)3;/h5-12H,4,13-15,22H2,1-3H3;1H. The lowest BCUT2D eigenvalue weighted by atomic mass is 10.1. The van der Waals surface area contributed by atoms with Gasteiger partial charge in [-0.2, -0.15) is 0 Å². The minimum absolute atomic E-state index is 0. The van der Waals surface area contributed by atoms with Crippen LogP contribution in [0.1, 0.15) is 34.8 Å². The van der Waals surface area contributed by atoms with E-state index in [0.29, 0.717) is 31.5 Å². The lowest BCUT2D eigenvalue weighted by Gasteiger charge is -2.21. The van der Waals surface area contributed by atoms with Gasteiger partial charge in [-0.1, -0.05) is 30.3 Å². The second kappa shape index (κ2) is 10.6. The molecule has 0 aromatic heterocycles. The summed E-state index contributed by atoms with van der Waals surface area (Å²) in [7, 11) is 3.46. The van der Waals surface area contributed by atoms with Crippen LogP contribution in [-0.2, 0) is 17.8 Å². The second-order valence-corrected chi connectivity index (χ2v) is 6.50. The van der Waals surface area contributed by atoms with Crippen LogP contribution in [0.25, 0.3) is 0 Å². The fourth-order valence-corrected chi connectivity index (χ4v) is 2.77. The summed E-state index contributed by atoms with van der Waals surface area (Å²) in [5.74, 6) is 0.0737. The summed E-state index contributed by atoms with van der Waals surface area (Å²) < 4.78 is 0. The van der Waals surface area contributed by atoms with Gasteiger partial charge in [0.25, 0.3) is 5.91 Å². The molecule has 5 nitrogen and oxygen atoms in total. The zero-order chi connectivity index (χ0) is 19.1. The maximum absolute atomic E-state index is 12.6. The van der Waals surface area contributed by atoms with Gasteiger partial charge in [0.15, 0.2) is 0 Å². The third-order valence-corrected chi connectivity index (χ3v) is 4.38. The summed E-state index contributed by atoms with van der Waals surface area (Å²) in [6.45, 7) is 3.15. The summed E-state index contributed by atoms with van der Waals surface area (Å²) in [4.78, 5) is 27.9. The van der Waals surface area contributed by atoms with E-state index in [0.717, 1.165) is 16.8 Å². The predicted molar refractivity (Wildman–Crippen MR) is 112 cm³/mol. The van der Waals surface area contributed by atoms with E-state index in [1.54, 1.807) is 31.1 Å². The molecule has 146 valence electrons. The van der Waals surface area contributed by atoms with Crippen molar-refractivity contribution < 1.29 is 9.59 Å². The molecule has 0 heterocycles. The first-order chi connectivity index (χ1) is 12.4. The predicted octanol–water partition coefficient (Wildman–Crippen LogP) is 3.37. The van der Waals surface area contributed by atoms with Crippen LogP contribution < -0.4 is 5.73 Å². The molecule has 0 fully saturated rings. The first kappa shape index (κ1) is 22.5. The Morgan fingerprint density at radius 3 is 2.19 bits per heavy atom. The Labute approximate surface area is 167 Å². The van der Waals surface area contributed by atoms with Gasteiger partial charge in [-0.3, -0.25) is 9.59 Å². The van der Waals surface area contributed by atoms with Gasteiger partial charge in [-0.05, 0) is 42.7 Å². The molecule has 2 aromatic rings. The quantitative estimate of drug-likeness (QED) is 0.738. The zero-order valence-electron chi connectivity index (χ0n) is 16.1. The van der Waals surface area contributed by atoms with E-state index in [4.69, 9.17) is 5.73 Å². The zero-order valence-corrected chi connectivity index (χ0v) is 17.0. The monoisotopic (exact) mass is 389 g/mol. The third kappa shape index (κ3) is 6.29. The first-order valence-electron chi connectivity index (χ1n) is 8.84. The number of nitrogen functional groups attached to an aromatic ring is 1. The molecule has 6 heteroatoms. The van der Waals surface area contributed by atoms with Crippen molar-refractivity contribution in [2.24, 2.45) is 0 Å². The number of hydrogen-bond donors (Lipinski definition) is 1. The highest BCUT2D eigenvalue weighted by Gasteiger charge is 2.14.